The Kier molecular flexibility index (Phi) is 22.8. The number of likely N-dealkylation sites (N-methyl/N-ethyl adjacent to an activating group) is 2. The molecule has 82 heavy (non-hydrogen) atoms. The normalized spacial score (nSPS) is 24.0. The highest BCUT2D eigenvalue weighted by Gasteiger charge is 2.47. The van der Waals surface area contributed by atoms with Crippen molar-refractivity contribution in [3.05, 3.63) is 106 Å². The molecule has 4 fully saturated rings. The summed E-state index contributed by atoms with van der Waals surface area (Å²) in [6, 6.07) is 16.0. The molecule has 446 valence electrons. The predicted octanol–water partition coefficient (Wildman–Crippen LogP) is 5.66. The van der Waals surface area contributed by atoms with Crippen LogP contribution in [0.3, 0.4) is 0 Å². The highest BCUT2D eigenvalue weighted by Crippen LogP contribution is 2.35. The van der Waals surface area contributed by atoms with Crippen LogP contribution in [0, 0.1) is 11.8 Å². The Labute approximate surface area is 495 Å². The summed E-state index contributed by atoms with van der Waals surface area (Å²) in [6.45, 7) is 3.53. The minimum Gasteiger partial charge on any atom is -0.347 e. The molecule has 4 aliphatic carbocycles. The first-order chi connectivity index (χ1) is 38.7. The summed E-state index contributed by atoms with van der Waals surface area (Å²) >= 11 is 0. The molecule has 6 aliphatic rings. The molecule has 8 N–H and O–H groups in total. The topological polar surface area (TPSA) is 239 Å². The van der Waals surface area contributed by atoms with Crippen LogP contribution in [0.5, 0.6) is 0 Å². The molecule has 2 saturated carbocycles. The van der Waals surface area contributed by atoms with Gasteiger partial charge in [0.05, 0.1) is 24.2 Å². The highest BCUT2D eigenvalue weighted by atomic mass is 35.5. The number of benzene rings is 3. The molecule has 0 bridgehead atoms. The SMILES string of the molecule is CN[C@@H](C)C(=O)N[C@@H](C(=O)N1C[C@@H](NC(=O)c2cccc(C(=O)N[C@H]3C[C@@H](C(=O)N[C@@H]4CCCc5ccccc54)N(C(=O)[C@H](NC(=O)[C@H](C)NC)C4CCCCC4)C3)c2)CC1C(=O)N[C@@H]1CCCc2ccccc21)C1CCCCC1.Cl.Cl. The number of carbonyl (C=O) groups excluding carboxylic acids is 8. The number of amides is 8. The lowest BCUT2D eigenvalue weighted by molar-refractivity contribution is -0.143. The van der Waals surface area contributed by atoms with Crippen LogP contribution >= 0.6 is 24.8 Å². The lowest BCUT2D eigenvalue weighted by Gasteiger charge is -2.35. The Balaban J connectivity index is 0.00000484. The van der Waals surface area contributed by atoms with Crippen molar-refractivity contribution in [1.29, 1.82) is 0 Å². The maximum atomic E-state index is 15.0. The van der Waals surface area contributed by atoms with Gasteiger partial charge >= 0.3 is 0 Å². The van der Waals surface area contributed by atoms with Gasteiger partial charge in [0.15, 0.2) is 0 Å². The largest absolute Gasteiger partial charge is 0.347 e. The first kappa shape index (κ1) is 63.5. The van der Waals surface area contributed by atoms with Crippen molar-refractivity contribution in [2.24, 2.45) is 11.8 Å². The summed E-state index contributed by atoms with van der Waals surface area (Å²) in [6.07, 6.45) is 14.2. The third-order valence-electron chi connectivity index (χ3n) is 18.2. The van der Waals surface area contributed by atoms with Crippen molar-refractivity contribution in [2.75, 3.05) is 27.2 Å². The summed E-state index contributed by atoms with van der Waals surface area (Å²) in [5.74, 6) is -3.19. The standard InChI is InChI=1S/C62H84N10O8.2ClH/c1-37(63-3)55(73)69-53(41-20-7-5-8-21-41)61(79)71-35-45(33-51(71)59(77)67-49-30-16-24-39-18-11-13-28-47(39)49)65-57(75)43-26-15-27-44(32-43)58(76)66-46-34-52(60(78)68-50-31-17-25-40-19-12-14-29-48(40)50)72(36-46)62(80)54(42-22-9-6-10-23-42)70-56(74)38(2)64-4;;/h11-15,18-19,26-29,32,37-38,41-42,45-46,49-54,63-64H,5-10,16-17,20-25,30-31,33-36H2,1-4H3,(H,65,75)(H,66,76)(H,67,77)(H,68,78)(H,69,73)(H,70,74);2*1H/t37-,38-,45-,46-,49+,50+,51-,52?,53+,54+;;/m0../s1. The van der Waals surface area contributed by atoms with Gasteiger partial charge in [-0.1, -0.05) is 93.1 Å². The Hall–Kier alpha value is -6.08. The average Bonchev–Trinajstić information content (AvgIpc) is 4.17. The van der Waals surface area contributed by atoms with E-state index in [0.717, 1.165) is 114 Å². The minimum absolute atomic E-state index is 0. The fraction of sp³-hybridized carbons (Fsp3) is 0.581. The smallest absolute Gasteiger partial charge is 0.251 e. The number of hydrogen-bond acceptors (Lipinski definition) is 10. The fourth-order valence-electron chi connectivity index (χ4n) is 13.4. The van der Waals surface area contributed by atoms with Crippen LogP contribution in [0.2, 0.25) is 0 Å². The van der Waals surface area contributed by atoms with Gasteiger partial charge in [0.1, 0.15) is 24.2 Å². The fourth-order valence-corrected chi connectivity index (χ4v) is 13.4. The molecule has 0 radical (unpaired) electrons. The van der Waals surface area contributed by atoms with Crippen molar-refractivity contribution >= 4 is 72.1 Å². The van der Waals surface area contributed by atoms with Gasteiger partial charge in [-0.25, -0.2) is 0 Å². The summed E-state index contributed by atoms with van der Waals surface area (Å²) in [5, 5.41) is 24.7. The molecule has 18 nitrogen and oxygen atoms in total. The van der Waals surface area contributed by atoms with Crippen LogP contribution in [-0.4, -0.2) is 133 Å². The van der Waals surface area contributed by atoms with E-state index in [1.54, 1.807) is 55.9 Å². The van der Waals surface area contributed by atoms with E-state index in [0.29, 0.717) is 0 Å². The summed E-state index contributed by atoms with van der Waals surface area (Å²) in [7, 11) is 3.38. The molecular formula is C62H86Cl2N10O8. The predicted molar refractivity (Wildman–Crippen MR) is 318 cm³/mol. The monoisotopic (exact) mass is 1170 g/mol. The van der Waals surface area contributed by atoms with Crippen molar-refractivity contribution < 1.29 is 38.4 Å². The third-order valence-corrected chi connectivity index (χ3v) is 18.2. The second-order valence-corrected chi connectivity index (χ2v) is 23.5. The molecule has 0 spiro atoms. The number of carbonyl (C=O) groups is 8. The number of halogens is 2. The number of nitrogens with one attached hydrogen (secondary N) is 8. The van der Waals surface area contributed by atoms with Crippen LogP contribution in [-0.2, 0) is 41.6 Å². The maximum absolute atomic E-state index is 15.0. The number of likely N-dealkylation sites (tertiary alicyclic amines) is 2. The van der Waals surface area contributed by atoms with Gasteiger partial charge in [0.25, 0.3) is 11.8 Å². The molecule has 20 heteroatoms. The number of rotatable bonds is 18. The van der Waals surface area contributed by atoms with Gasteiger partial charge < -0.3 is 52.3 Å². The van der Waals surface area contributed by atoms with Crippen molar-refractivity contribution in [2.45, 2.75) is 190 Å². The number of hydrogen-bond donors (Lipinski definition) is 8. The van der Waals surface area contributed by atoms with Crippen LogP contribution in [0.4, 0.5) is 0 Å². The number of nitrogens with zero attached hydrogens (tertiary/aromatic N) is 2. The highest BCUT2D eigenvalue weighted by molar-refractivity contribution is 6.01. The summed E-state index contributed by atoms with van der Waals surface area (Å²) in [4.78, 5) is 118. The second kappa shape index (κ2) is 29.4. The average molecular weight is 1170 g/mol. The second-order valence-electron chi connectivity index (χ2n) is 23.5. The third kappa shape index (κ3) is 15.0. The van der Waals surface area contributed by atoms with Gasteiger partial charge in [0, 0.05) is 36.3 Å². The van der Waals surface area contributed by atoms with E-state index >= 15 is 0 Å². The molecule has 9 rings (SSSR count). The molecule has 2 heterocycles. The van der Waals surface area contributed by atoms with E-state index in [1.165, 1.54) is 17.2 Å². The van der Waals surface area contributed by atoms with E-state index in [4.69, 9.17) is 0 Å². The Bertz CT molecular complexity index is 2580. The van der Waals surface area contributed by atoms with Gasteiger partial charge in [0.2, 0.25) is 35.4 Å². The van der Waals surface area contributed by atoms with E-state index in [1.807, 2.05) is 36.4 Å². The van der Waals surface area contributed by atoms with Crippen molar-refractivity contribution in [1.82, 2.24) is 52.3 Å². The van der Waals surface area contributed by atoms with Crippen LogP contribution in [0.1, 0.15) is 172 Å². The Morgan fingerprint density at radius 2 is 0.866 bits per heavy atom. The number of aryl methyl sites for hydroxylation is 2. The van der Waals surface area contributed by atoms with E-state index in [-0.39, 0.29) is 121 Å². The van der Waals surface area contributed by atoms with Gasteiger partial charge in [-0.05, 0) is 157 Å². The van der Waals surface area contributed by atoms with Gasteiger partial charge in [-0.15, -0.1) is 24.8 Å². The molecule has 3 aromatic rings. The zero-order valence-corrected chi connectivity index (χ0v) is 49.6. The quantitative estimate of drug-likeness (QED) is 0.0778. The minimum atomic E-state index is -0.933. The molecule has 3 aromatic carbocycles. The summed E-state index contributed by atoms with van der Waals surface area (Å²) in [5.41, 5.74) is 4.84. The lowest BCUT2D eigenvalue weighted by atomic mass is 9.83. The summed E-state index contributed by atoms with van der Waals surface area (Å²) < 4.78 is 0. The molecule has 0 aromatic heterocycles. The van der Waals surface area contributed by atoms with Gasteiger partial charge in [-0.2, -0.15) is 0 Å². The molecular weight excluding hydrogens is 1080 g/mol. The number of fused-ring (bicyclic) bond motifs is 2. The Morgan fingerprint density at radius 3 is 1.26 bits per heavy atom. The molecule has 10 atom stereocenters. The van der Waals surface area contributed by atoms with E-state index in [2.05, 4.69) is 54.7 Å². The lowest BCUT2D eigenvalue weighted by Crippen LogP contribution is -2.58. The Morgan fingerprint density at radius 1 is 0.476 bits per heavy atom. The molecule has 1 unspecified atom stereocenters. The molecule has 8 amide bonds. The van der Waals surface area contributed by atoms with Crippen LogP contribution in [0.25, 0.3) is 0 Å². The van der Waals surface area contributed by atoms with Crippen molar-refractivity contribution in [3.63, 3.8) is 0 Å². The van der Waals surface area contributed by atoms with E-state index < -0.39 is 60.1 Å². The van der Waals surface area contributed by atoms with Gasteiger partial charge in [-0.3, -0.25) is 38.4 Å². The maximum Gasteiger partial charge on any atom is 0.251 e. The van der Waals surface area contributed by atoms with Crippen LogP contribution < -0.4 is 42.5 Å². The zero-order chi connectivity index (χ0) is 56.5. The van der Waals surface area contributed by atoms with E-state index in [9.17, 15) is 38.4 Å². The van der Waals surface area contributed by atoms with Crippen LogP contribution in [0.15, 0.2) is 72.8 Å². The molecule has 2 aliphatic heterocycles. The first-order valence-electron chi connectivity index (χ1n) is 29.8. The zero-order valence-electron chi connectivity index (χ0n) is 48.0. The first-order valence-corrected chi connectivity index (χ1v) is 29.8. The van der Waals surface area contributed by atoms with Crippen molar-refractivity contribution in [3.8, 4) is 0 Å². The molecule has 2 saturated heterocycles.